The van der Waals surface area contributed by atoms with Gasteiger partial charge in [0.15, 0.2) is 10.7 Å². The molecule has 1 saturated carbocycles. The van der Waals surface area contributed by atoms with Crippen LogP contribution in [0, 0.1) is 10.6 Å². The molecule has 1 aliphatic rings. The fourth-order valence-corrected chi connectivity index (χ4v) is 7.17. The number of aromatic amines is 1. The van der Waals surface area contributed by atoms with E-state index in [1.165, 1.54) is 11.3 Å². The minimum atomic E-state index is -3.97. The van der Waals surface area contributed by atoms with Crippen molar-refractivity contribution in [2.45, 2.75) is 41.8 Å². The molecule has 1 fully saturated rings. The van der Waals surface area contributed by atoms with E-state index in [4.69, 9.17) is 11.6 Å². The number of alkyl halides is 1. The first-order valence-corrected chi connectivity index (χ1v) is 13.3. The maximum Gasteiger partial charge on any atom is 0.225 e. The van der Waals surface area contributed by atoms with Gasteiger partial charge in [-0.1, -0.05) is 29.3 Å². The molecule has 5 rings (SSSR count). The zero-order valence-electron chi connectivity index (χ0n) is 16.2. The predicted molar refractivity (Wildman–Crippen MR) is 128 cm³/mol. The number of aryl methyl sites for hydroxylation is 1. The molecule has 0 bridgehead atoms. The first-order valence-electron chi connectivity index (χ1n) is 9.54. The summed E-state index contributed by atoms with van der Waals surface area (Å²) in [6.45, 7) is 1.88. The highest BCUT2D eigenvalue weighted by atomic mass is 127. The summed E-state index contributed by atoms with van der Waals surface area (Å²) in [5.41, 5.74) is 0.456. The molecular formula is C21H16ClFIN3O2S2. The smallest absolute Gasteiger partial charge is 0.225 e. The Morgan fingerprint density at radius 2 is 1.97 bits per heavy atom. The third kappa shape index (κ3) is 3.49. The molecule has 160 valence electrons. The van der Waals surface area contributed by atoms with E-state index in [1.807, 2.05) is 13.0 Å². The molecule has 0 spiro atoms. The van der Waals surface area contributed by atoms with Gasteiger partial charge in [-0.25, -0.2) is 22.8 Å². The number of halogens is 3. The van der Waals surface area contributed by atoms with Crippen LogP contribution in [0.4, 0.5) is 4.39 Å². The van der Waals surface area contributed by atoms with Crippen molar-refractivity contribution < 1.29 is 12.8 Å². The van der Waals surface area contributed by atoms with Crippen molar-refractivity contribution in [3.63, 3.8) is 0 Å². The Labute approximate surface area is 201 Å². The van der Waals surface area contributed by atoms with Crippen LogP contribution in [-0.2, 0) is 15.5 Å². The number of pyridine rings is 1. The summed E-state index contributed by atoms with van der Waals surface area (Å²) >= 11 is 10.0. The Morgan fingerprint density at radius 3 is 2.61 bits per heavy atom. The molecule has 5 nitrogen and oxygen atoms in total. The van der Waals surface area contributed by atoms with Gasteiger partial charge in [0.2, 0.25) is 9.84 Å². The molecule has 0 saturated heterocycles. The number of H-pyrrole nitrogens is 1. The van der Waals surface area contributed by atoms with E-state index in [0.717, 1.165) is 15.7 Å². The first kappa shape index (κ1) is 21.3. The maximum atomic E-state index is 14.9. The van der Waals surface area contributed by atoms with Gasteiger partial charge in [-0.3, -0.25) is 0 Å². The number of aromatic nitrogens is 3. The highest BCUT2D eigenvalue weighted by Gasteiger charge is 2.42. The second-order valence-corrected chi connectivity index (χ2v) is 12.1. The summed E-state index contributed by atoms with van der Waals surface area (Å²) in [5, 5.41) is 0.865. The maximum absolute atomic E-state index is 14.9. The molecule has 1 aliphatic carbocycles. The van der Waals surface area contributed by atoms with Gasteiger partial charge >= 0.3 is 0 Å². The minimum absolute atomic E-state index is 0.0141. The number of thiazole rings is 1. The van der Waals surface area contributed by atoms with Gasteiger partial charge < -0.3 is 4.98 Å². The SMILES string of the molecule is Cc1ccc(S(=O)(=O)c2nc3[nH]c(I)cc3c(-c3cnc(C4(F)CCC4)s3)c2Cl)cc1. The molecular weight excluding hydrogens is 572 g/mol. The molecule has 1 N–H and O–H groups in total. The van der Waals surface area contributed by atoms with Crippen molar-refractivity contribution in [3.8, 4) is 10.4 Å². The second-order valence-electron chi connectivity index (χ2n) is 7.65. The molecule has 0 radical (unpaired) electrons. The lowest BCUT2D eigenvalue weighted by atomic mass is 9.83. The molecule has 3 aromatic heterocycles. The van der Waals surface area contributed by atoms with Crippen molar-refractivity contribution in [2.75, 3.05) is 0 Å². The Balaban J connectivity index is 1.74. The quantitative estimate of drug-likeness (QED) is 0.279. The van der Waals surface area contributed by atoms with E-state index >= 15 is 0 Å². The van der Waals surface area contributed by atoms with Crippen LogP contribution < -0.4 is 0 Å². The van der Waals surface area contributed by atoms with E-state index in [1.54, 1.807) is 30.5 Å². The predicted octanol–water partition coefficient (Wildman–Crippen LogP) is 6.43. The number of hydrogen-bond acceptors (Lipinski definition) is 5. The van der Waals surface area contributed by atoms with Crippen LogP contribution >= 0.6 is 45.5 Å². The van der Waals surface area contributed by atoms with Crippen LogP contribution in [0.25, 0.3) is 21.5 Å². The van der Waals surface area contributed by atoms with E-state index in [-0.39, 0.29) is 14.9 Å². The van der Waals surface area contributed by atoms with Crippen molar-refractivity contribution in [3.05, 3.63) is 55.8 Å². The summed E-state index contributed by atoms with van der Waals surface area (Å²) in [7, 11) is -3.97. The normalized spacial score (nSPS) is 15.9. The topological polar surface area (TPSA) is 75.7 Å². The molecule has 4 aromatic rings. The van der Waals surface area contributed by atoms with E-state index in [2.05, 4.69) is 37.5 Å². The van der Waals surface area contributed by atoms with E-state index < -0.39 is 15.5 Å². The molecule has 0 aliphatic heterocycles. The summed E-state index contributed by atoms with van der Waals surface area (Å²) < 4.78 is 42.5. The van der Waals surface area contributed by atoms with Crippen LogP contribution in [0.2, 0.25) is 5.02 Å². The highest BCUT2D eigenvalue weighted by molar-refractivity contribution is 14.1. The van der Waals surface area contributed by atoms with Gasteiger partial charge in [-0.15, -0.1) is 11.3 Å². The Bertz CT molecular complexity index is 1430. The number of nitrogens with one attached hydrogen (secondary N) is 1. The number of fused-ring (bicyclic) bond motifs is 1. The number of sulfone groups is 1. The molecule has 1 aromatic carbocycles. The molecule has 0 unspecified atom stereocenters. The zero-order valence-corrected chi connectivity index (χ0v) is 20.8. The van der Waals surface area contributed by atoms with Gasteiger partial charge in [-0.2, -0.15) is 0 Å². The lowest BCUT2D eigenvalue weighted by Crippen LogP contribution is -2.28. The number of nitrogens with zero attached hydrogens (tertiary/aromatic N) is 2. The van der Waals surface area contributed by atoms with Gasteiger partial charge in [0, 0.05) is 17.1 Å². The Morgan fingerprint density at radius 1 is 1.26 bits per heavy atom. The molecule has 0 amide bonds. The van der Waals surface area contributed by atoms with Gasteiger partial charge in [0.1, 0.15) is 10.7 Å². The summed E-state index contributed by atoms with van der Waals surface area (Å²) in [4.78, 5) is 12.5. The van der Waals surface area contributed by atoms with E-state index in [0.29, 0.717) is 39.3 Å². The summed E-state index contributed by atoms with van der Waals surface area (Å²) in [5.74, 6) is 0. The fraction of sp³-hybridized carbons (Fsp3) is 0.238. The number of benzene rings is 1. The van der Waals surface area contributed by atoms with Crippen LogP contribution in [0.3, 0.4) is 0 Å². The fourth-order valence-electron chi connectivity index (χ4n) is 3.61. The van der Waals surface area contributed by atoms with Crippen molar-refractivity contribution in [1.29, 1.82) is 0 Å². The lowest BCUT2D eigenvalue weighted by molar-refractivity contribution is 0.0606. The van der Waals surface area contributed by atoms with Crippen LogP contribution in [0.1, 0.15) is 29.8 Å². The molecule has 31 heavy (non-hydrogen) atoms. The standard InChI is InChI=1S/C21H16ClFIN3O2S2/c1-11-3-5-12(6-4-11)31(28,29)19-17(22)16(13-9-15(24)26-18(13)27-19)14-10-25-20(30-14)21(23)7-2-8-21/h3-6,9-10H,2,7-8H2,1H3,(H,26,27). The van der Waals surface area contributed by atoms with E-state index in [9.17, 15) is 12.8 Å². The summed E-state index contributed by atoms with van der Waals surface area (Å²) in [6, 6.07) is 8.39. The lowest BCUT2D eigenvalue weighted by Gasteiger charge is -2.31. The van der Waals surface area contributed by atoms with Crippen LogP contribution in [0.15, 0.2) is 46.5 Å². The first-order chi connectivity index (χ1) is 14.7. The average Bonchev–Trinajstić information content (AvgIpc) is 3.32. The average molecular weight is 588 g/mol. The Kier molecular flexibility index (Phi) is 5.15. The van der Waals surface area contributed by atoms with Crippen LogP contribution in [0.5, 0.6) is 0 Å². The molecule has 3 heterocycles. The Hall–Kier alpha value is -1.56. The van der Waals surface area contributed by atoms with Gasteiger partial charge in [-0.05, 0) is 67.0 Å². The monoisotopic (exact) mass is 587 g/mol. The zero-order chi connectivity index (χ0) is 22.0. The number of rotatable bonds is 4. The third-order valence-corrected chi connectivity index (χ3v) is 9.47. The number of hydrogen-bond donors (Lipinski definition) is 1. The van der Waals surface area contributed by atoms with Crippen LogP contribution in [-0.4, -0.2) is 23.4 Å². The molecule has 0 atom stereocenters. The minimum Gasteiger partial charge on any atom is -0.335 e. The van der Waals surface area contributed by atoms with Crippen molar-refractivity contribution in [1.82, 2.24) is 15.0 Å². The second kappa shape index (κ2) is 7.50. The third-order valence-electron chi connectivity index (χ3n) is 5.52. The van der Waals surface area contributed by atoms with Gasteiger partial charge in [0.05, 0.1) is 18.5 Å². The largest absolute Gasteiger partial charge is 0.335 e. The van der Waals surface area contributed by atoms with Crippen molar-refractivity contribution in [2.24, 2.45) is 0 Å². The molecule has 10 heteroatoms. The van der Waals surface area contributed by atoms with Gasteiger partial charge in [0.25, 0.3) is 0 Å². The highest BCUT2D eigenvalue weighted by Crippen LogP contribution is 2.49. The van der Waals surface area contributed by atoms with Crippen molar-refractivity contribution >= 4 is 66.4 Å². The summed E-state index contributed by atoms with van der Waals surface area (Å²) in [6.07, 6.45) is 3.31.